The molecule has 4 nitrogen and oxygen atoms in total. The highest BCUT2D eigenvalue weighted by Crippen LogP contribution is 2.24. The van der Waals surface area contributed by atoms with Crippen molar-refractivity contribution >= 4 is 5.91 Å². The van der Waals surface area contributed by atoms with Crippen molar-refractivity contribution in [2.24, 2.45) is 0 Å². The molecule has 1 heterocycles. The smallest absolute Gasteiger partial charge is 0.251 e. The Morgan fingerprint density at radius 2 is 1.90 bits per heavy atom. The minimum Gasteiger partial charge on any atom is -0.394 e. The summed E-state index contributed by atoms with van der Waals surface area (Å²) in [5, 5.41) is 12.7. The molecular weight excluding hydrogens is 266 g/mol. The number of aliphatic hydroxyl groups is 1. The molecule has 0 atom stereocenters. The van der Waals surface area contributed by atoms with Crippen LogP contribution in [0.15, 0.2) is 18.2 Å². The van der Waals surface area contributed by atoms with Crippen LogP contribution < -0.4 is 5.32 Å². The van der Waals surface area contributed by atoms with Crippen molar-refractivity contribution in [3.05, 3.63) is 34.9 Å². The normalized spacial score (nSPS) is 20.6. The second-order valence-electron chi connectivity index (χ2n) is 6.20. The van der Waals surface area contributed by atoms with Crippen molar-refractivity contribution in [3.63, 3.8) is 0 Å². The Balaban J connectivity index is 1.75. The average Bonchev–Trinajstić information content (AvgIpc) is 2.55. The summed E-state index contributed by atoms with van der Waals surface area (Å²) in [6, 6.07) is 6.01. The quantitative estimate of drug-likeness (QED) is 0.892. The first kappa shape index (κ1) is 14.5. The van der Waals surface area contributed by atoms with Gasteiger partial charge in [-0.3, -0.25) is 4.79 Å². The number of carbonyl (C=O) groups excluding carboxylic acids is 1. The van der Waals surface area contributed by atoms with E-state index < -0.39 is 5.54 Å². The van der Waals surface area contributed by atoms with E-state index in [1.54, 1.807) is 0 Å². The molecule has 3 rings (SSSR count). The van der Waals surface area contributed by atoms with E-state index in [0.29, 0.717) is 31.6 Å². The van der Waals surface area contributed by atoms with Crippen molar-refractivity contribution in [2.45, 2.75) is 44.1 Å². The van der Waals surface area contributed by atoms with Crippen LogP contribution in [0.25, 0.3) is 0 Å². The number of carbonyl (C=O) groups is 1. The summed E-state index contributed by atoms with van der Waals surface area (Å²) in [5.41, 5.74) is 2.86. The molecule has 1 aliphatic carbocycles. The molecule has 114 valence electrons. The first-order chi connectivity index (χ1) is 10.2. The van der Waals surface area contributed by atoms with Crippen LogP contribution in [0.4, 0.5) is 0 Å². The predicted molar refractivity (Wildman–Crippen MR) is 80.4 cm³/mol. The molecule has 21 heavy (non-hydrogen) atoms. The van der Waals surface area contributed by atoms with Crippen LogP contribution in [0.3, 0.4) is 0 Å². The van der Waals surface area contributed by atoms with Gasteiger partial charge in [0.05, 0.1) is 12.1 Å². The summed E-state index contributed by atoms with van der Waals surface area (Å²) >= 11 is 0. The van der Waals surface area contributed by atoms with Gasteiger partial charge in [0, 0.05) is 18.8 Å². The minimum absolute atomic E-state index is 0.0347. The lowest BCUT2D eigenvalue weighted by molar-refractivity contribution is 0.0125. The highest BCUT2D eigenvalue weighted by Gasteiger charge is 2.33. The van der Waals surface area contributed by atoms with Crippen LogP contribution in [0, 0.1) is 0 Å². The first-order valence-electron chi connectivity index (χ1n) is 7.85. The molecule has 4 heteroatoms. The molecule has 1 aromatic rings. The Hall–Kier alpha value is -1.39. The third-order valence-electron chi connectivity index (χ3n) is 4.74. The fourth-order valence-corrected chi connectivity index (χ4v) is 3.27. The highest BCUT2D eigenvalue weighted by molar-refractivity contribution is 5.95. The van der Waals surface area contributed by atoms with Gasteiger partial charge in [0.25, 0.3) is 5.91 Å². The first-order valence-corrected chi connectivity index (χ1v) is 7.85. The van der Waals surface area contributed by atoms with Crippen molar-refractivity contribution < 1.29 is 14.6 Å². The highest BCUT2D eigenvalue weighted by atomic mass is 16.5. The molecule has 1 aliphatic heterocycles. The average molecular weight is 289 g/mol. The second kappa shape index (κ2) is 6.16. The van der Waals surface area contributed by atoms with Crippen molar-refractivity contribution in [2.75, 3.05) is 19.8 Å². The number of ether oxygens (including phenoxy) is 1. The summed E-state index contributed by atoms with van der Waals surface area (Å²) in [7, 11) is 0. The van der Waals surface area contributed by atoms with E-state index in [1.807, 2.05) is 12.1 Å². The van der Waals surface area contributed by atoms with Gasteiger partial charge >= 0.3 is 0 Å². The zero-order valence-electron chi connectivity index (χ0n) is 12.4. The summed E-state index contributed by atoms with van der Waals surface area (Å²) in [6.07, 6.45) is 5.97. The number of fused-ring (bicyclic) bond motifs is 1. The summed E-state index contributed by atoms with van der Waals surface area (Å²) in [6.45, 7) is 1.14. The largest absolute Gasteiger partial charge is 0.394 e. The SMILES string of the molecule is O=C(NC1(CO)CCOCC1)c1ccc2c(c1)CCCC2. The molecule has 2 N–H and O–H groups in total. The third-order valence-corrected chi connectivity index (χ3v) is 4.74. The summed E-state index contributed by atoms with van der Waals surface area (Å²) < 4.78 is 5.33. The molecule has 0 radical (unpaired) electrons. The number of hydrogen-bond donors (Lipinski definition) is 2. The lowest BCUT2D eigenvalue weighted by atomic mass is 9.89. The van der Waals surface area contributed by atoms with Crippen LogP contribution in [-0.2, 0) is 17.6 Å². The van der Waals surface area contributed by atoms with E-state index in [-0.39, 0.29) is 12.5 Å². The molecule has 1 aromatic carbocycles. The van der Waals surface area contributed by atoms with Gasteiger partial charge in [-0.15, -0.1) is 0 Å². The maximum absolute atomic E-state index is 12.5. The molecular formula is C17H23NO3. The minimum atomic E-state index is -0.523. The Morgan fingerprint density at radius 3 is 2.62 bits per heavy atom. The van der Waals surface area contributed by atoms with Crippen molar-refractivity contribution in [1.29, 1.82) is 0 Å². The molecule has 1 fully saturated rings. The Labute approximate surface area is 125 Å². The number of benzene rings is 1. The van der Waals surface area contributed by atoms with Gasteiger partial charge in [-0.2, -0.15) is 0 Å². The fourth-order valence-electron chi connectivity index (χ4n) is 3.27. The predicted octanol–water partition coefficient (Wildman–Crippen LogP) is 1.84. The number of aliphatic hydroxyl groups excluding tert-OH is 1. The topological polar surface area (TPSA) is 58.6 Å². The Bertz CT molecular complexity index is 521. The second-order valence-corrected chi connectivity index (χ2v) is 6.20. The van der Waals surface area contributed by atoms with E-state index in [4.69, 9.17) is 4.74 Å². The number of aryl methyl sites for hydroxylation is 2. The number of amides is 1. The number of nitrogens with one attached hydrogen (secondary N) is 1. The van der Waals surface area contributed by atoms with E-state index in [0.717, 1.165) is 12.8 Å². The lowest BCUT2D eigenvalue weighted by Gasteiger charge is -2.36. The standard InChI is InChI=1S/C17H23NO3/c19-12-17(7-9-21-10-8-17)18-16(20)15-6-5-13-3-1-2-4-14(13)11-15/h5-6,11,19H,1-4,7-10,12H2,(H,18,20). The maximum Gasteiger partial charge on any atom is 0.251 e. The van der Waals surface area contributed by atoms with Gasteiger partial charge in [0.1, 0.15) is 0 Å². The van der Waals surface area contributed by atoms with Crippen LogP contribution in [-0.4, -0.2) is 36.4 Å². The van der Waals surface area contributed by atoms with E-state index in [9.17, 15) is 9.90 Å². The molecule has 0 bridgehead atoms. The fraction of sp³-hybridized carbons (Fsp3) is 0.588. The van der Waals surface area contributed by atoms with Gasteiger partial charge in [0.2, 0.25) is 0 Å². The monoisotopic (exact) mass is 289 g/mol. The summed E-state index contributed by atoms with van der Waals surface area (Å²) in [4.78, 5) is 12.5. The van der Waals surface area contributed by atoms with Crippen molar-refractivity contribution in [3.8, 4) is 0 Å². The van der Waals surface area contributed by atoms with E-state index in [1.165, 1.54) is 24.0 Å². The molecule has 0 aromatic heterocycles. The Morgan fingerprint density at radius 1 is 1.19 bits per heavy atom. The van der Waals surface area contributed by atoms with Crippen LogP contribution in [0.1, 0.15) is 47.2 Å². The molecule has 1 saturated heterocycles. The number of hydrogen-bond acceptors (Lipinski definition) is 3. The zero-order chi connectivity index (χ0) is 14.7. The van der Waals surface area contributed by atoms with Crippen molar-refractivity contribution in [1.82, 2.24) is 5.32 Å². The van der Waals surface area contributed by atoms with Gasteiger partial charge in [-0.1, -0.05) is 6.07 Å². The van der Waals surface area contributed by atoms with E-state index >= 15 is 0 Å². The molecule has 2 aliphatic rings. The summed E-state index contributed by atoms with van der Waals surface area (Å²) in [5.74, 6) is -0.0840. The van der Waals surface area contributed by atoms with Crippen LogP contribution in [0.5, 0.6) is 0 Å². The molecule has 0 saturated carbocycles. The van der Waals surface area contributed by atoms with Gasteiger partial charge in [-0.05, 0) is 61.8 Å². The maximum atomic E-state index is 12.5. The van der Waals surface area contributed by atoms with Gasteiger partial charge in [0.15, 0.2) is 0 Å². The zero-order valence-corrected chi connectivity index (χ0v) is 12.4. The molecule has 0 unspecified atom stereocenters. The lowest BCUT2D eigenvalue weighted by Crippen LogP contribution is -2.54. The molecule has 1 amide bonds. The van der Waals surface area contributed by atoms with E-state index in [2.05, 4.69) is 11.4 Å². The third kappa shape index (κ3) is 3.11. The van der Waals surface area contributed by atoms with Gasteiger partial charge in [-0.25, -0.2) is 0 Å². The molecule has 0 spiro atoms. The van der Waals surface area contributed by atoms with Crippen LogP contribution in [0.2, 0.25) is 0 Å². The van der Waals surface area contributed by atoms with Crippen LogP contribution >= 0.6 is 0 Å². The number of rotatable bonds is 3. The van der Waals surface area contributed by atoms with Gasteiger partial charge < -0.3 is 15.2 Å². The Kier molecular flexibility index (Phi) is 4.27.